The summed E-state index contributed by atoms with van der Waals surface area (Å²) in [4.78, 5) is 0. The van der Waals surface area contributed by atoms with Crippen LogP contribution in [0, 0.1) is 0 Å². The average Bonchev–Trinajstić information content (AvgIpc) is 2.42. The summed E-state index contributed by atoms with van der Waals surface area (Å²) >= 11 is 3.39. The van der Waals surface area contributed by atoms with Crippen LogP contribution in [0.25, 0.3) is 0 Å². The SMILES string of the molecule is O=S(=O)(Nc1ccc(CCBr)cc1)N1CCCCC1. The molecule has 1 fully saturated rings. The quantitative estimate of drug-likeness (QED) is 0.833. The molecule has 106 valence electrons. The van der Waals surface area contributed by atoms with Gasteiger partial charge in [-0.15, -0.1) is 0 Å². The third-order valence-electron chi connectivity index (χ3n) is 3.24. The van der Waals surface area contributed by atoms with Crippen LogP contribution in [-0.2, 0) is 16.6 Å². The van der Waals surface area contributed by atoms with E-state index in [0.29, 0.717) is 18.8 Å². The Hall–Kier alpha value is -0.590. The highest BCUT2D eigenvalue weighted by Crippen LogP contribution is 2.17. The summed E-state index contributed by atoms with van der Waals surface area (Å²) in [5.41, 5.74) is 1.82. The van der Waals surface area contributed by atoms with E-state index in [1.165, 1.54) is 9.87 Å². The highest BCUT2D eigenvalue weighted by molar-refractivity contribution is 9.09. The molecule has 6 heteroatoms. The Bertz CT molecular complexity index is 496. The molecule has 0 saturated carbocycles. The van der Waals surface area contributed by atoms with E-state index in [-0.39, 0.29) is 0 Å². The molecule has 1 N–H and O–H groups in total. The Morgan fingerprint density at radius 1 is 1.11 bits per heavy atom. The van der Waals surface area contributed by atoms with Crippen LogP contribution in [0.15, 0.2) is 24.3 Å². The van der Waals surface area contributed by atoms with Gasteiger partial charge in [-0.1, -0.05) is 34.5 Å². The van der Waals surface area contributed by atoms with Crippen molar-refractivity contribution < 1.29 is 8.42 Å². The standard InChI is InChI=1S/C13H19BrN2O2S/c14-9-8-12-4-6-13(7-5-12)15-19(17,18)16-10-2-1-3-11-16/h4-7,15H,1-3,8-11H2. The molecule has 0 aliphatic carbocycles. The van der Waals surface area contributed by atoms with Crippen LogP contribution in [-0.4, -0.2) is 31.1 Å². The van der Waals surface area contributed by atoms with Gasteiger partial charge in [-0.2, -0.15) is 12.7 Å². The number of aryl methyl sites for hydroxylation is 1. The predicted octanol–water partition coefficient (Wildman–Crippen LogP) is 2.77. The van der Waals surface area contributed by atoms with Crippen molar-refractivity contribution in [3.05, 3.63) is 29.8 Å². The van der Waals surface area contributed by atoms with Crippen LogP contribution in [0.1, 0.15) is 24.8 Å². The van der Waals surface area contributed by atoms with Gasteiger partial charge >= 0.3 is 10.2 Å². The number of hydrogen-bond donors (Lipinski definition) is 1. The lowest BCUT2D eigenvalue weighted by Crippen LogP contribution is -2.39. The zero-order valence-corrected chi connectivity index (χ0v) is 13.2. The molecule has 2 rings (SSSR count). The molecule has 0 bridgehead atoms. The van der Waals surface area contributed by atoms with Crippen LogP contribution < -0.4 is 4.72 Å². The summed E-state index contributed by atoms with van der Waals surface area (Å²) < 4.78 is 28.5. The molecule has 1 heterocycles. The van der Waals surface area contributed by atoms with Gasteiger partial charge in [0.05, 0.1) is 0 Å². The van der Waals surface area contributed by atoms with Gasteiger partial charge in [-0.05, 0) is 37.0 Å². The molecule has 0 radical (unpaired) electrons. The smallest absolute Gasteiger partial charge is 0.271 e. The zero-order valence-electron chi connectivity index (χ0n) is 10.8. The number of benzene rings is 1. The molecule has 1 saturated heterocycles. The maximum absolute atomic E-state index is 12.2. The summed E-state index contributed by atoms with van der Waals surface area (Å²) in [6.45, 7) is 1.24. The second kappa shape index (κ2) is 6.72. The van der Waals surface area contributed by atoms with Crippen molar-refractivity contribution in [2.75, 3.05) is 23.1 Å². The fraction of sp³-hybridized carbons (Fsp3) is 0.538. The fourth-order valence-corrected chi connectivity index (χ4v) is 3.93. The largest absolute Gasteiger partial charge is 0.301 e. The highest BCUT2D eigenvalue weighted by Gasteiger charge is 2.23. The number of alkyl halides is 1. The zero-order chi connectivity index (χ0) is 13.7. The lowest BCUT2D eigenvalue weighted by atomic mass is 10.2. The first-order chi connectivity index (χ1) is 9.12. The van der Waals surface area contributed by atoms with Crippen molar-refractivity contribution in [3.8, 4) is 0 Å². The third kappa shape index (κ3) is 4.19. The Kier molecular flexibility index (Phi) is 5.24. The summed E-state index contributed by atoms with van der Waals surface area (Å²) in [7, 11) is -3.39. The molecule has 1 aromatic rings. The molecule has 0 unspecified atom stereocenters. The molecule has 1 aliphatic heterocycles. The van der Waals surface area contributed by atoms with Gasteiger partial charge in [0.25, 0.3) is 0 Å². The Morgan fingerprint density at radius 2 is 1.74 bits per heavy atom. The van der Waals surface area contributed by atoms with Crippen molar-refractivity contribution in [2.24, 2.45) is 0 Å². The molecule has 0 spiro atoms. The normalized spacial score (nSPS) is 17.3. The maximum atomic E-state index is 12.2. The van der Waals surface area contributed by atoms with Crippen LogP contribution in [0.5, 0.6) is 0 Å². The van der Waals surface area contributed by atoms with E-state index >= 15 is 0 Å². The minimum Gasteiger partial charge on any atom is -0.271 e. The number of nitrogens with one attached hydrogen (secondary N) is 1. The number of anilines is 1. The number of nitrogens with zero attached hydrogens (tertiary/aromatic N) is 1. The fourth-order valence-electron chi connectivity index (χ4n) is 2.17. The first-order valence-electron chi connectivity index (χ1n) is 6.54. The minimum atomic E-state index is -3.39. The van der Waals surface area contributed by atoms with Gasteiger partial charge in [0, 0.05) is 24.1 Å². The van der Waals surface area contributed by atoms with E-state index in [2.05, 4.69) is 20.7 Å². The third-order valence-corrected chi connectivity index (χ3v) is 5.17. The molecule has 0 aromatic heterocycles. The molecular formula is C13H19BrN2O2S. The van der Waals surface area contributed by atoms with Crippen molar-refractivity contribution in [3.63, 3.8) is 0 Å². The summed E-state index contributed by atoms with van der Waals surface area (Å²) in [6, 6.07) is 7.55. The lowest BCUT2D eigenvalue weighted by molar-refractivity contribution is 0.349. The molecule has 1 aliphatic rings. The summed E-state index contributed by atoms with van der Waals surface area (Å²) in [5, 5.41) is 0.909. The van der Waals surface area contributed by atoms with E-state index in [0.717, 1.165) is 31.0 Å². The Balaban J connectivity index is 2.02. The second-order valence-electron chi connectivity index (χ2n) is 4.70. The number of halogens is 1. The monoisotopic (exact) mass is 346 g/mol. The van der Waals surface area contributed by atoms with Gasteiger partial charge in [0.1, 0.15) is 0 Å². The van der Waals surface area contributed by atoms with Gasteiger partial charge in [0.15, 0.2) is 0 Å². The van der Waals surface area contributed by atoms with E-state index < -0.39 is 10.2 Å². The highest BCUT2D eigenvalue weighted by atomic mass is 79.9. The molecular weight excluding hydrogens is 328 g/mol. The molecule has 4 nitrogen and oxygen atoms in total. The van der Waals surface area contributed by atoms with E-state index in [9.17, 15) is 8.42 Å². The predicted molar refractivity (Wildman–Crippen MR) is 81.9 cm³/mol. The Morgan fingerprint density at radius 3 is 2.32 bits per heavy atom. The molecule has 19 heavy (non-hydrogen) atoms. The van der Waals surface area contributed by atoms with E-state index in [4.69, 9.17) is 0 Å². The van der Waals surface area contributed by atoms with Gasteiger partial charge in [0.2, 0.25) is 0 Å². The van der Waals surface area contributed by atoms with Gasteiger partial charge < -0.3 is 0 Å². The average molecular weight is 347 g/mol. The summed E-state index contributed by atoms with van der Waals surface area (Å²) in [6.07, 6.45) is 3.96. The molecule has 1 aromatic carbocycles. The molecule has 0 amide bonds. The number of rotatable bonds is 5. The van der Waals surface area contributed by atoms with Gasteiger partial charge in [-0.3, -0.25) is 4.72 Å². The van der Waals surface area contributed by atoms with Crippen molar-refractivity contribution in [1.29, 1.82) is 0 Å². The number of hydrogen-bond acceptors (Lipinski definition) is 2. The van der Waals surface area contributed by atoms with Crippen LogP contribution >= 0.6 is 15.9 Å². The molecule has 0 atom stereocenters. The number of piperidine rings is 1. The van der Waals surface area contributed by atoms with Crippen molar-refractivity contribution >= 4 is 31.8 Å². The van der Waals surface area contributed by atoms with Gasteiger partial charge in [-0.25, -0.2) is 0 Å². The van der Waals surface area contributed by atoms with Crippen LogP contribution in [0.2, 0.25) is 0 Å². The van der Waals surface area contributed by atoms with E-state index in [1.54, 1.807) is 0 Å². The van der Waals surface area contributed by atoms with Crippen LogP contribution in [0.3, 0.4) is 0 Å². The first-order valence-corrected chi connectivity index (χ1v) is 9.11. The minimum absolute atomic E-state index is 0.622. The summed E-state index contributed by atoms with van der Waals surface area (Å²) in [5.74, 6) is 0. The van der Waals surface area contributed by atoms with Crippen molar-refractivity contribution in [1.82, 2.24) is 4.31 Å². The van der Waals surface area contributed by atoms with Crippen LogP contribution in [0.4, 0.5) is 5.69 Å². The Labute approximate surface area is 123 Å². The maximum Gasteiger partial charge on any atom is 0.301 e. The van der Waals surface area contributed by atoms with Crippen molar-refractivity contribution in [2.45, 2.75) is 25.7 Å². The lowest BCUT2D eigenvalue weighted by Gasteiger charge is -2.26. The first kappa shape index (κ1) is 14.8. The second-order valence-corrected chi connectivity index (χ2v) is 7.17. The van der Waals surface area contributed by atoms with E-state index in [1.807, 2.05) is 24.3 Å². The topological polar surface area (TPSA) is 49.4 Å².